The monoisotopic (exact) mass is 296 g/mol. The first-order valence-corrected chi connectivity index (χ1v) is 7.53. The molecule has 1 aromatic heterocycles. The van der Waals surface area contributed by atoms with Gasteiger partial charge in [-0.15, -0.1) is 0 Å². The largest absolute Gasteiger partial charge is 0.393 e. The van der Waals surface area contributed by atoms with Crippen LogP contribution in [0.2, 0.25) is 0 Å². The van der Waals surface area contributed by atoms with Crippen LogP contribution < -0.4 is 5.32 Å². The standard InChI is InChI=1S/C14H24N4O3/c1-9(2)12-13(18(20)21)14(17(3)16-12)15-8-10-4-6-11(19)7-5-10/h9-11,15,19H,4-8H2,1-3H3. The SMILES string of the molecule is CC(C)c1nn(C)c(NCC2CCC(O)CC2)c1[N+](=O)[O-]. The number of aromatic nitrogens is 2. The zero-order valence-electron chi connectivity index (χ0n) is 12.9. The molecule has 0 radical (unpaired) electrons. The summed E-state index contributed by atoms with van der Waals surface area (Å²) in [6.45, 7) is 4.49. The third-order valence-corrected chi connectivity index (χ3v) is 4.15. The fraction of sp³-hybridized carbons (Fsp3) is 0.786. The maximum atomic E-state index is 11.3. The lowest BCUT2D eigenvalue weighted by molar-refractivity contribution is -0.384. The Kier molecular flexibility index (Phi) is 4.82. The Labute approximate surface area is 124 Å². The average Bonchev–Trinajstić information content (AvgIpc) is 2.75. The Hall–Kier alpha value is -1.63. The number of nitro groups is 1. The molecule has 0 aromatic carbocycles. The van der Waals surface area contributed by atoms with Crippen molar-refractivity contribution in [1.29, 1.82) is 0 Å². The van der Waals surface area contributed by atoms with E-state index >= 15 is 0 Å². The number of anilines is 1. The minimum Gasteiger partial charge on any atom is -0.393 e. The minimum atomic E-state index is -0.352. The van der Waals surface area contributed by atoms with Crippen molar-refractivity contribution in [3.63, 3.8) is 0 Å². The molecule has 2 N–H and O–H groups in total. The molecule has 21 heavy (non-hydrogen) atoms. The Morgan fingerprint density at radius 1 is 1.43 bits per heavy atom. The van der Waals surface area contributed by atoms with Crippen molar-refractivity contribution in [2.24, 2.45) is 13.0 Å². The van der Waals surface area contributed by atoms with Crippen molar-refractivity contribution in [1.82, 2.24) is 9.78 Å². The lowest BCUT2D eigenvalue weighted by Crippen LogP contribution is -2.24. The Balaban J connectivity index is 2.10. The third kappa shape index (κ3) is 3.53. The normalized spacial score (nSPS) is 22.5. The van der Waals surface area contributed by atoms with Gasteiger partial charge in [0.2, 0.25) is 5.82 Å². The molecule has 1 fully saturated rings. The number of hydrogen-bond acceptors (Lipinski definition) is 5. The van der Waals surface area contributed by atoms with Crippen LogP contribution in [-0.2, 0) is 7.05 Å². The molecule has 1 aliphatic carbocycles. The van der Waals surface area contributed by atoms with Crippen molar-refractivity contribution in [3.05, 3.63) is 15.8 Å². The minimum absolute atomic E-state index is 0.0111. The number of rotatable bonds is 5. The molecule has 0 amide bonds. The molecule has 1 aromatic rings. The molecule has 0 bridgehead atoms. The molecule has 1 saturated carbocycles. The third-order valence-electron chi connectivity index (χ3n) is 4.15. The summed E-state index contributed by atoms with van der Waals surface area (Å²) in [6.07, 6.45) is 3.36. The number of nitrogens with zero attached hydrogens (tertiary/aromatic N) is 3. The van der Waals surface area contributed by atoms with E-state index in [0.717, 1.165) is 25.7 Å². The van der Waals surface area contributed by atoms with E-state index in [-0.39, 0.29) is 22.6 Å². The predicted molar refractivity (Wildman–Crippen MR) is 80.4 cm³/mol. The van der Waals surface area contributed by atoms with E-state index in [1.54, 1.807) is 11.7 Å². The van der Waals surface area contributed by atoms with Gasteiger partial charge in [-0.25, -0.2) is 4.68 Å². The van der Waals surface area contributed by atoms with Gasteiger partial charge < -0.3 is 10.4 Å². The quantitative estimate of drug-likeness (QED) is 0.643. The van der Waals surface area contributed by atoms with Crippen LogP contribution in [-0.4, -0.2) is 32.5 Å². The first kappa shape index (κ1) is 15.8. The van der Waals surface area contributed by atoms with Gasteiger partial charge in [0.1, 0.15) is 5.69 Å². The van der Waals surface area contributed by atoms with Gasteiger partial charge in [0, 0.05) is 19.5 Å². The number of nitrogens with one attached hydrogen (secondary N) is 1. The first-order valence-electron chi connectivity index (χ1n) is 7.53. The molecule has 0 aliphatic heterocycles. The highest BCUT2D eigenvalue weighted by molar-refractivity contribution is 5.60. The summed E-state index contributed by atoms with van der Waals surface area (Å²) in [7, 11) is 1.73. The molecule has 0 saturated heterocycles. The van der Waals surface area contributed by atoms with Crippen LogP contribution in [0.1, 0.15) is 51.1 Å². The fourth-order valence-corrected chi connectivity index (χ4v) is 2.89. The Morgan fingerprint density at radius 3 is 2.57 bits per heavy atom. The average molecular weight is 296 g/mol. The van der Waals surface area contributed by atoms with Crippen molar-refractivity contribution < 1.29 is 10.0 Å². The summed E-state index contributed by atoms with van der Waals surface area (Å²) in [6, 6.07) is 0. The van der Waals surface area contributed by atoms with Gasteiger partial charge in [0.25, 0.3) is 0 Å². The van der Waals surface area contributed by atoms with Crippen LogP contribution in [0.3, 0.4) is 0 Å². The second kappa shape index (κ2) is 6.43. The number of aliphatic hydroxyl groups excluding tert-OH is 1. The van der Waals surface area contributed by atoms with Gasteiger partial charge in [-0.1, -0.05) is 13.8 Å². The zero-order chi connectivity index (χ0) is 15.6. The molecule has 7 nitrogen and oxygen atoms in total. The van der Waals surface area contributed by atoms with Crippen LogP contribution in [0.5, 0.6) is 0 Å². The van der Waals surface area contributed by atoms with E-state index in [2.05, 4.69) is 10.4 Å². The molecule has 1 heterocycles. The molecule has 0 atom stereocenters. The van der Waals surface area contributed by atoms with Crippen molar-refractivity contribution in [3.8, 4) is 0 Å². The van der Waals surface area contributed by atoms with Gasteiger partial charge in [-0.3, -0.25) is 10.1 Å². The van der Waals surface area contributed by atoms with E-state index in [1.165, 1.54) is 0 Å². The van der Waals surface area contributed by atoms with Gasteiger partial charge in [-0.2, -0.15) is 5.10 Å². The molecule has 7 heteroatoms. The molecule has 118 valence electrons. The summed E-state index contributed by atoms with van der Waals surface area (Å²) in [5.41, 5.74) is 0.604. The first-order chi connectivity index (χ1) is 9.90. The number of aliphatic hydroxyl groups is 1. The van der Waals surface area contributed by atoms with Crippen LogP contribution in [0.15, 0.2) is 0 Å². The lowest BCUT2D eigenvalue weighted by Gasteiger charge is -2.25. The van der Waals surface area contributed by atoms with Crippen LogP contribution in [0.4, 0.5) is 11.5 Å². The van der Waals surface area contributed by atoms with Gasteiger partial charge in [0.15, 0.2) is 0 Å². The summed E-state index contributed by atoms with van der Waals surface area (Å²) < 4.78 is 1.56. The molecule has 1 aliphatic rings. The molecule has 2 rings (SSSR count). The highest BCUT2D eigenvalue weighted by Crippen LogP contribution is 2.33. The highest BCUT2D eigenvalue weighted by Gasteiger charge is 2.29. The molecule has 0 spiro atoms. The predicted octanol–water partition coefficient (Wildman–Crippen LogP) is 2.41. The lowest BCUT2D eigenvalue weighted by atomic mass is 9.87. The second-order valence-corrected chi connectivity index (χ2v) is 6.17. The second-order valence-electron chi connectivity index (χ2n) is 6.17. The summed E-state index contributed by atoms with van der Waals surface area (Å²) in [5, 5.41) is 28.3. The number of aryl methyl sites for hydroxylation is 1. The maximum absolute atomic E-state index is 11.3. The molecular formula is C14H24N4O3. The van der Waals surface area contributed by atoms with Gasteiger partial charge in [-0.05, 0) is 31.6 Å². The van der Waals surface area contributed by atoms with Gasteiger partial charge >= 0.3 is 5.69 Å². The van der Waals surface area contributed by atoms with Crippen LogP contribution >= 0.6 is 0 Å². The van der Waals surface area contributed by atoms with Crippen LogP contribution in [0, 0.1) is 16.0 Å². The summed E-state index contributed by atoms with van der Waals surface area (Å²) in [4.78, 5) is 11.0. The van der Waals surface area contributed by atoms with E-state index in [4.69, 9.17) is 0 Å². The van der Waals surface area contributed by atoms with Crippen LogP contribution in [0.25, 0.3) is 0 Å². The Bertz CT molecular complexity index is 505. The van der Waals surface area contributed by atoms with Crippen molar-refractivity contribution in [2.75, 3.05) is 11.9 Å². The maximum Gasteiger partial charge on any atom is 0.334 e. The topological polar surface area (TPSA) is 93.2 Å². The van der Waals surface area contributed by atoms with E-state index < -0.39 is 0 Å². The number of hydrogen-bond donors (Lipinski definition) is 2. The highest BCUT2D eigenvalue weighted by atomic mass is 16.6. The zero-order valence-corrected chi connectivity index (χ0v) is 12.9. The van der Waals surface area contributed by atoms with E-state index in [0.29, 0.717) is 24.0 Å². The fourth-order valence-electron chi connectivity index (χ4n) is 2.89. The van der Waals surface area contributed by atoms with E-state index in [9.17, 15) is 15.2 Å². The summed E-state index contributed by atoms with van der Waals surface area (Å²) >= 11 is 0. The van der Waals surface area contributed by atoms with Gasteiger partial charge in [0.05, 0.1) is 11.0 Å². The smallest absolute Gasteiger partial charge is 0.334 e. The Morgan fingerprint density at radius 2 is 2.05 bits per heavy atom. The van der Waals surface area contributed by atoms with Crippen molar-refractivity contribution >= 4 is 11.5 Å². The van der Waals surface area contributed by atoms with E-state index in [1.807, 2.05) is 13.8 Å². The molecule has 0 unspecified atom stereocenters. The van der Waals surface area contributed by atoms with Crippen molar-refractivity contribution in [2.45, 2.75) is 51.6 Å². The molecular weight excluding hydrogens is 272 g/mol. The summed E-state index contributed by atoms with van der Waals surface area (Å²) in [5.74, 6) is 0.942.